The summed E-state index contributed by atoms with van der Waals surface area (Å²) in [7, 11) is 3.57. The van der Waals surface area contributed by atoms with E-state index >= 15 is 0 Å². The van der Waals surface area contributed by atoms with E-state index in [1.807, 2.05) is 31.2 Å². The van der Waals surface area contributed by atoms with Crippen molar-refractivity contribution in [2.24, 2.45) is 5.92 Å². The molecule has 21 heavy (non-hydrogen) atoms. The van der Waals surface area contributed by atoms with Crippen molar-refractivity contribution < 1.29 is 9.59 Å². The molecule has 1 aliphatic heterocycles. The highest BCUT2D eigenvalue weighted by atomic mass is 35.5. The third-order valence-electron chi connectivity index (χ3n) is 4.27. The molecule has 1 heterocycles. The molecular weight excluding hydrogens is 288 g/mol. The van der Waals surface area contributed by atoms with Crippen LogP contribution in [0.4, 0.5) is 0 Å². The van der Waals surface area contributed by atoms with Gasteiger partial charge < -0.3 is 9.80 Å². The number of piperidine rings is 1. The molecule has 0 aromatic heterocycles. The van der Waals surface area contributed by atoms with E-state index in [9.17, 15) is 9.59 Å². The van der Waals surface area contributed by atoms with Crippen molar-refractivity contribution in [2.75, 3.05) is 20.6 Å². The molecule has 1 aromatic rings. The van der Waals surface area contributed by atoms with Crippen LogP contribution in [0.1, 0.15) is 31.4 Å². The summed E-state index contributed by atoms with van der Waals surface area (Å²) < 4.78 is 0. The summed E-state index contributed by atoms with van der Waals surface area (Å²) in [5.41, 5.74) is 0.998. The summed E-state index contributed by atoms with van der Waals surface area (Å²) in [6, 6.07) is 7.46. The van der Waals surface area contributed by atoms with Crippen LogP contribution >= 0.6 is 11.6 Å². The zero-order chi connectivity index (χ0) is 15.6. The quantitative estimate of drug-likeness (QED) is 0.861. The van der Waals surface area contributed by atoms with Gasteiger partial charge in [0.25, 0.3) is 0 Å². The Morgan fingerprint density at radius 2 is 2.19 bits per heavy atom. The molecule has 114 valence electrons. The van der Waals surface area contributed by atoms with Crippen molar-refractivity contribution >= 4 is 23.4 Å². The Bertz CT molecular complexity index is 547. The van der Waals surface area contributed by atoms with Crippen LogP contribution < -0.4 is 0 Å². The van der Waals surface area contributed by atoms with Crippen molar-refractivity contribution in [2.45, 2.75) is 25.8 Å². The summed E-state index contributed by atoms with van der Waals surface area (Å²) in [6.45, 7) is 2.62. The van der Waals surface area contributed by atoms with E-state index in [0.29, 0.717) is 18.0 Å². The summed E-state index contributed by atoms with van der Waals surface area (Å²) in [6.07, 6.45) is 1.04. The fourth-order valence-electron chi connectivity index (χ4n) is 2.62. The van der Waals surface area contributed by atoms with Crippen molar-refractivity contribution in [1.29, 1.82) is 0 Å². The average molecular weight is 309 g/mol. The summed E-state index contributed by atoms with van der Waals surface area (Å²) in [4.78, 5) is 27.7. The van der Waals surface area contributed by atoms with Gasteiger partial charge >= 0.3 is 0 Å². The van der Waals surface area contributed by atoms with Crippen LogP contribution in [0.2, 0.25) is 5.02 Å². The molecule has 5 heteroatoms. The molecule has 4 nitrogen and oxygen atoms in total. The number of hydrogen-bond donors (Lipinski definition) is 0. The van der Waals surface area contributed by atoms with Crippen LogP contribution in [0, 0.1) is 5.92 Å². The summed E-state index contributed by atoms with van der Waals surface area (Å²) in [5, 5.41) is 0.662. The van der Waals surface area contributed by atoms with Crippen LogP contribution in [0.15, 0.2) is 24.3 Å². The number of halogens is 1. The molecular formula is C16H21ClN2O2. The molecule has 2 amide bonds. The average Bonchev–Trinajstić information content (AvgIpc) is 2.47. The predicted octanol–water partition coefficient (Wildman–Crippen LogP) is 2.73. The van der Waals surface area contributed by atoms with Gasteiger partial charge in [-0.15, -0.1) is 0 Å². The maximum atomic E-state index is 12.6. The lowest BCUT2D eigenvalue weighted by molar-refractivity contribution is -0.144. The van der Waals surface area contributed by atoms with Gasteiger partial charge in [-0.2, -0.15) is 0 Å². The minimum atomic E-state index is -0.208. The second kappa shape index (κ2) is 6.48. The molecule has 1 saturated heterocycles. The molecule has 2 atom stereocenters. The highest BCUT2D eigenvalue weighted by molar-refractivity contribution is 6.30. The van der Waals surface area contributed by atoms with E-state index < -0.39 is 0 Å². The summed E-state index contributed by atoms with van der Waals surface area (Å²) in [5.74, 6) is -0.132. The Kier molecular flexibility index (Phi) is 4.88. The van der Waals surface area contributed by atoms with E-state index in [1.165, 1.54) is 0 Å². The topological polar surface area (TPSA) is 40.6 Å². The Morgan fingerprint density at radius 1 is 1.48 bits per heavy atom. The summed E-state index contributed by atoms with van der Waals surface area (Å²) >= 11 is 6.00. The van der Waals surface area contributed by atoms with E-state index in [-0.39, 0.29) is 23.8 Å². The normalized spacial score (nSPS) is 20.3. The molecule has 2 rings (SSSR count). The SMILES string of the molecule is C[C@@H](c1cccc(Cl)c1)N(C)C(=O)[C@@H]1CCN(C)C(=O)C1. The van der Waals surface area contributed by atoms with Crippen molar-refractivity contribution in [3.63, 3.8) is 0 Å². The van der Waals surface area contributed by atoms with E-state index in [1.54, 1.807) is 23.9 Å². The number of rotatable bonds is 3. The fraction of sp³-hybridized carbons (Fsp3) is 0.500. The van der Waals surface area contributed by atoms with Gasteiger partial charge in [0, 0.05) is 38.0 Å². The Labute approximate surface area is 130 Å². The van der Waals surface area contributed by atoms with Crippen molar-refractivity contribution in [1.82, 2.24) is 9.80 Å². The number of hydrogen-bond acceptors (Lipinski definition) is 2. The lowest BCUT2D eigenvalue weighted by Crippen LogP contribution is -2.43. The minimum Gasteiger partial charge on any atom is -0.346 e. The van der Waals surface area contributed by atoms with Gasteiger partial charge in [-0.05, 0) is 31.0 Å². The van der Waals surface area contributed by atoms with Crippen LogP contribution in [0.25, 0.3) is 0 Å². The molecule has 1 fully saturated rings. The van der Waals surface area contributed by atoms with Crippen LogP contribution in [-0.4, -0.2) is 42.3 Å². The third kappa shape index (κ3) is 3.56. The number of carbonyl (C=O) groups is 2. The number of benzene rings is 1. The van der Waals surface area contributed by atoms with E-state index in [0.717, 1.165) is 12.0 Å². The first-order valence-electron chi connectivity index (χ1n) is 7.16. The Morgan fingerprint density at radius 3 is 2.81 bits per heavy atom. The van der Waals surface area contributed by atoms with Crippen LogP contribution in [0.5, 0.6) is 0 Å². The molecule has 0 aliphatic carbocycles. The van der Waals surface area contributed by atoms with Gasteiger partial charge in [0.1, 0.15) is 0 Å². The van der Waals surface area contributed by atoms with Crippen molar-refractivity contribution in [3.8, 4) is 0 Å². The molecule has 0 N–H and O–H groups in total. The maximum absolute atomic E-state index is 12.6. The molecule has 0 spiro atoms. The lowest BCUT2D eigenvalue weighted by atomic mass is 9.94. The number of carbonyl (C=O) groups excluding carboxylic acids is 2. The zero-order valence-electron chi connectivity index (χ0n) is 12.7. The highest BCUT2D eigenvalue weighted by Crippen LogP contribution is 2.26. The number of nitrogens with zero attached hydrogens (tertiary/aromatic N) is 2. The van der Waals surface area contributed by atoms with Gasteiger partial charge in [-0.1, -0.05) is 23.7 Å². The largest absolute Gasteiger partial charge is 0.346 e. The van der Waals surface area contributed by atoms with Gasteiger partial charge in [0.2, 0.25) is 11.8 Å². The standard InChI is InChI=1S/C16H21ClN2O2/c1-11(12-5-4-6-14(17)9-12)19(3)16(21)13-7-8-18(2)15(20)10-13/h4-6,9,11,13H,7-8,10H2,1-3H3/t11-,13+/m0/s1. The predicted molar refractivity (Wildman–Crippen MR) is 83.0 cm³/mol. The van der Waals surface area contributed by atoms with Gasteiger partial charge in [-0.3, -0.25) is 9.59 Å². The second-order valence-electron chi connectivity index (χ2n) is 5.69. The van der Waals surface area contributed by atoms with Crippen LogP contribution in [0.3, 0.4) is 0 Å². The number of amides is 2. The highest BCUT2D eigenvalue weighted by Gasteiger charge is 2.32. The first kappa shape index (κ1) is 15.8. The van der Waals surface area contributed by atoms with Gasteiger partial charge in [-0.25, -0.2) is 0 Å². The maximum Gasteiger partial charge on any atom is 0.226 e. The molecule has 0 radical (unpaired) electrons. The molecule has 0 saturated carbocycles. The third-order valence-corrected chi connectivity index (χ3v) is 4.50. The Hall–Kier alpha value is -1.55. The van der Waals surface area contributed by atoms with E-state index in [2.05, 4.69) is 0 Å². The molecule has 1 aromatic carbocycles. The second-order valence-corrected chi connectivity index (χ2v) is 6.12. The zero-order valence-corrected chi connectivity index (χ0v) is 13.4. The van der Waals surface area contributed by atoms with Crippen LogP contribution in [-0.2, 0) is 9.59 Å². The van der Waals surface area contributed by atoms with Gasteiger partial charge in [0.15, 0.2) is 0 Å². The first-order valence-corrected chi connectivity index (χ1v) is 7.54. The monoisotopic (exact) mass is 308 g/mol. The lowest BCUT2D eigenvalue weighted by Gasteiger charge is -2.33. The first-order chi connectivity index (χ1) is 9.90. The van der Waals surface area contributed by atoms with Crippen molar-refractivity contribution in [3.05, 3.63) is 34.9 Å². The minimum absolute atomic E-state index is 0.0314. The Balaban J connectivity index is 2.07. The molecule has 0 bridgehead atoms. The smallest absolute Gasteiger partial charge is 0.226 e. The van der Waals surface area contributed by atoms with E-state index in [4.69, 9.17) is 11.6 Å². The fourth-order valence-corrected chi connectivity index (χ4v) is 2.82. The molecule has 1 aliphatic rings. The van der Waals surface area contributed by atoms with Gasteiger partial charge in [0.05, 0.1) is 6.04 Å². The molecule has 0 unspecified atom stereocenters. The number of likely N-dealkylation sites (tertiary alicyclic amines) is 1.